The Morgan fingerprint density at radius 1 is 1.14 bits per heavy atom. The lowest BCUT2D eigenvalue weighted by Gasteiger charge is -2.33. The van der Waals surface area contributed by atoms with Crippen LogP contribution >= 0.6 is 0 Å². The molecule has 0 spiro atoms. The Kier molecular flexibility index (Phi) is 5.92. The fraction of sp³-hybridized carbons (Fsp3) is 0.545. The molecular weight excluding hydrogens is 366 g/mol. The standard InChI is InChI=1S/C22H29N5O2/c1-15-7-9-17(10-8-15)24-21(28)16-5-4-12-27(14-16)22(29)20-13-19(25-26-20)18-6-2-3-11-23-18/h2-3,6,11,13,15-17H,4-5,7-10,12,14H2,1H3,(H,24,28)(H,25,26)/t15?,16-,17?/m1/s1. The molecule has 1 atom stereocenters. The highest BCUT2D eigenvalue weighted by molar-refractivity contribution is 5.93. The SMILES string of the molecule is CC1CCC(NC(=O)[C@@H]2CCCN(C(=O)c3cc(-c4ccccn4)n[nH]3)C2)CC1. The second-order valence-electron chi connectivity index (χ2n) is 8.44. The number of amides is 2. The zero-order valence-corrected chi connectivity index (χ0v) is 16.9. The van der Waals surface area contributed by atoms with E-state index in [1.807, 2.05) is 18.2 Å². The van der Waals surface area contributed by atoms with Gasteiger partial charge in [-0.2, -0.15) is 5.10 Å². The lowest BCUT2D eigenvalue weighted by Crippen LogP contribution is -2.48. The molecule has 1 saturated carbocycles. The Hall–Kier alpha value is -2.70. The van der Waals surface area contributed by atoms with Crippen LogP contribution in [0, 0.1) is 11.8 Å². The minimum Gasteiger partial charge on any atom is -0.353 e. The number of pyridine rings is 1. The zero-order chi connectivity index (χ0) is 20.2. The van der Waals surface area contributed by atoms with E-state index >= 15 is 0 Å². The highest BCUT2D eigenvalue weighted by atomic mass is 16.2. The Bertz CT molecular complexity index is 842. The molecule has 1 aliphatic carbocycles. The third kappa shape index (κ3) is 4.66. The summed E-state index contributed by atoms with van der Waals surface area (Å²) in [6.45, 7) is 3.41. The van der Waals surface area contributed by atoms with Gasteiger partial charge in [0.15, 0.2) is 0 Å². The van der Waals surface area contributed by atoms with E-state index < -0.39 is 0 Å². The van der Waals surface area contributed by atoms with Crippen LogP contribution in [0.5, 0.6) is 0 Å². The normalized spacial score (nSPS) is 24.9. The van der Waals surface area contributed by atoms with Gasteiger partial charge in [0, 0.05) is 25.3 Å². The van der Waals surface area contributed by atoms with Gasteiger partial charge >= 0.3 is 0 Å². The molecule has 7 nitrogen and oxygen atoms in total. The quantitative estimate of drug-likeness (QED) is 0.832. The minimum absolute atomic E-state index is 0.0980. The summed E-state index contributed by atoms with van der Waals surface area (Å²) in [5.41, 5.74) is 1.81. The van der Waals surface area contributed by atoms with E-state index in [1.54, 1.807) is 17.2 Å². The molecule has 2 fully saturated rings. The number of aromatic nitrogens is 3. The Labute approximate surface area is 171 Å². The molecule has 1 aliphatic heterocycles. The predicted molar refractivity (Wildman–Crippen MR) is 110 cm³/mol. The van der Waals surface area contributed by atoms with Crippen molar-refractivity contribution in [2.24, 2.45) is 11.8 Å². The maximum absolute atomic E-state index is 12.9. The van der Waals surface area contributed by atoms with E-state index in [0.717, 1.165) is 37.3 Å². The van der Waals surface area contributed by atoms with Crippen LogP contribution in [0.1, 0.15) is 55.9 Å². The highest BCUT2D eigenvalue weighted by Gasteiger charge is 2.31. The van der Waals surface area contributed by atoms with Crippen LogP contribution in [0.4, 0.5) is 0 Å². The molecule has 3 heterocycles. The fourth-order valence-electron chi connectivity index (χ4n) is 4.35. The summed E-state index contributed by atoms with van der Waals surface area (Å²) in [6.07, 6.45) is 7.86. The van der Waals surface area contributed by atoms with Crippen LogP contribution in [0.25, 0.3) is 11.4 Å². The molecule has 2 aromatic heterocycles. The first-order valence-corrected chi connectivity index (χ1v) is 10.7. The smallest absolute Gasteiger partial charge is 0.271 e. The number of likely N-dealkylation sites (tertiary alicyclic amines) is 1. The molecule has 29 heavy (non-hydrogen) atoms. The highest BCUT2D eigenvalue weighted by Crippen LogP contribution is 2.25. The number of H-pyrrole nitrogens is 1. The fourth-order valence-corrected chi connectivity index (χ4v) is 4.35. The van der Waals surface area contributed by atoms with E-state index in [1.165, 1.54) is 12.8 Å². The van der Waals surface area contributed by atoms with Crippen molar-refractivity contribution in [2.75, 3.05) is 13.1 Å². The molecule has 0 radical (unpaired) electrons. The molecule has 154 valence electrons. The van der Waals surface area contributed by atoms with Crippen molar-refractivity contribution in [3.63, 3.8) is 0 Å². The predicted octanol–water partition coefficient (Wildman–Crippen LogP) is 3.02. The molecule has 0 bridgehead atoms. The van der Waals surface area contributed by atoms with E-state index in [2.05, 4.69) is 27.4 Å². The largest absolute Gasteiger partial charge is 0.353 e. The van der Waals surface area contributed by atoms with Crippen LogP contribution in [-0.2, 0) is 4.79 Å². The van der Waals surface area contributed by atoms with Crippen molar-refractivity contribution in [3.8, 4) is 11.4 Å². The van der Waals surface area contributed by atoms with E-state index in [9.17, 15) is 9.59 Å². The molecular formula is C22H29N5O2. The van der Waals surface area contributed by atoms with Gasteiger partial charge in [-0.3, -0.25) is 19.7 Å². The summed E-state index contributed by atoms with van der Waals surface area (Å²) >= 11 is 0. The van der Waals surface area contributed by atoms with E-state index in [4.69, 9.17) is 0 Å². The third-order valence-electron chi connectivity index (χ3n) is 6.18. The maximum atomic E-state index is 12.9. The summed E-state index contributed by atoms with van der Waals surface area (Å²) in [4.78, 5) is 31.7. The molecule has 0 unspecified atom stereocenters. The van der Waals surface area contributed by atoms with Crippen molar-refractivity contribution in [3.05, 3.63) is 36.2 Å². The average molecular weight is 396 g/mol. The average Bonchev–Trinajstić information content (AvgIpc) is 3.26. The monoisotopic (exact) mass is 395 g/mol. The summed E-state index contributed by atoms with van der Waals surface area (Å²) < 4.78 is 0. The molecule has 2 aromatic rings. The summed E-state index contributed by atoms with van der Waals surface area (Å²) in [7, 11) is 0. The van der Waals surface area contributed by atoms with E-state index in [0.29, 0.717) is 30.5 Å². The van der Waals surface area contributed by atoms with Gasteiger partial charge in [-0.05, 0) is 62.6 Å². The summed E-state index contributed by atoms with van der Waals surface area (Å²) in [6, 6.07) is 7.61. The third-order valence-corrected chi connectivity index (χ3v) is 6.18. The number of piperidine rings is 1. The van der Waals surface area contributed by atoms with Gasteiger partial charge in [0.1, 0.15) is 11.4 Å². The van der Waals surface area contributed by atoms with Crippen LogP contribution in [0.3, 0.4) is 0 Å². The van der Waals surface area contributed by atoms with Crippen LogP contribution in [-0.4, -0.2) is 51.0 Å². The van der Waals surface area contributed by atoms with Gasteiger partial charge in [-0.25, -0.2) is 0 Å². The molecule has 1 saturated heterocycles. The van der Waals surface area contributed by atoms with Gasteiger partial charge in [0.25, 0.3) is 5.91 Å². The number of rotatable bonds is 4. The minimum atomic E-state index is -0.134. The van der Waals surface area contributed by atoms with E-state index in [-0.39, 0.29) is 17.7 Å². The molecule has 2 aliphatic rings. The Balaban J connectivity index is 1.36. The first kappa shape index (κ1) is 19.6. The van der Waals surface area contributed by atoms with Crippen molar-refractivity contribution in [2.45, 2.75) is 51.5 Å². The van der Waals surface area contributed by atoms with Crippen molar-refractivity contribution in [1.29, 1.82) is 0 Å². The lowest BCUT2D eigenvalue weighted by atomic mass is 9.87. The number of hydrogen-bond donors (Lipinski definition) is 2. The number of aromatic amines is 1. The zero-order valence-electron chi connectivity index (χ0n) is 16.9. The van der Waals surface area contributed by atoms with Gasteiger partial charge in [-0.1, -0.05) is 13.0 Å². The van der Waals surface area contributed by atoms with Gasteiger partial charge in [-0.15, -0.1) is 0 Å². The molecule has 0 aromatic carbocycles. The second-order valence-corrected chi connectivity index (χ2v) is 8.44. The van der Waals surface area contributed by atoms with Crippen LogP contribution in [0.2, 0.25) is 0 Å². The number of carbonyl (C=O) groups is 2. The first-order valence-electron chi connectivity index (χ1n) is 10.7. The summed E-state index contributed by atoms with van der Waals surface area (Å²) in [5, 5.41) is 10.3. The lowest BCUT2D eigenvalue weighted by molar-refractivity contribution is -0.127. The van der Waals surface area contributed by atoms with Gasteiger partial charge < -0.3 is 10.2 Å². The number of nitrogens with one attached hydrogen (secondary N) is 2. The van der Waals surface area contributed by atoms with Crippen LogP contribution < -0.4 is 5.32 Å². The van der Waals surface area contributed by atoms with Gasteiger partial charge in [0.05, 0.1) is 11.6 Å². The number of carbonyl (C=O) groups excluding carboxylic acids is 2. The Morgan fingerprint density at radius 3 is 2.72 bits per heavy atom. The topological polar surface area (TPSA) is 91.0 Å². The second kappa shape index (κ2) is 8.76. The Morgan fingerprint density at radius 2 is 1.97 bits per heavy atom. The molecule has 2 amide bonds. The first-order chi connectivity index (χ1) is 14.1. The summed E-state index contributed by atoms with van der Waals surface area (Å²) in [5.74, 6) is 0.617. The maximum Gasteiger partial charge on any atom is 0.271 e. The molecule has 2 N–H and O–H groups in total. The van der Waals surface area contributed by atoms with Crippen molar-refractivity contribution < 1.29 is 9.59 Å². The number of nitrogens with zero attached hydrogens (tertiary/aromatic N) is 3. The molecule has 7 heteroatoms. The van der Waals surface area contributed by atoms with Gasteiger partial charge in [0.2, 0.25) is 5.91 Å². The van der Waals surface area contributed by atoms with Crippen LogP contribution in [0.15, 0.2) is 30.5 Å². The van der Waals surface area contributed by atoms with Crippen molar-refractivity contribution in [1.82, 2.24) is 25.4 Å². The molecule has 4 rings (SSSR count). The number of hydrogen-bond acceptors (Lipinski definition) is 4. The van der Waals surface area contributed by atoms with Crippen molar-refractivity contribution >= 4 is 11.8 Å².